The summed E-state index contributed by atoms with van der Waals surface area (Å²) in [6.45, 7) is 0.941. The maximum Gasteiger partial charge on any atom is 0.343 e. The number of rotatable bonds is 8. The molecule has 5 nitrogen and oxygen atoms in total. The van der Waals surface area contributed by atoms with E-state index in [0.717, 1.165) is 11.1 Å². The summed E-state index contributed by atoms with van der Waals surface area (Å²) in [5, 5.41) is 13.3. The van der Waals surface area contributed by atoms with Gasteiger partial charge < -0.3 is 19.9 Å². The van der Waals surface area contributed by atoms with E-state index in [4.69, 9.17) is 4.74 Å². The van der Waals surface area contributed by atoms with Crippen LogP contribution in [0.4, 0.5) is 0 Å². The number of esters is 1. The highest BCUT2D eigenvalue weighted by atomic mass is 16.6. The van der Waals surface area contributed by atoms with Crippen molar-refractivity contribution in [2.24, 2.45) is 0 Å². The van der Waals surface area contributed by atoms with Gasteiger partial charge in [0.1, 0.15) is 5.75 Å². The summed E-state index contributed by atoms with van der Waals surface area (Å²) in [6, 6.07) is 17.0. The number of hydrogen-bond acceptors (Lipinski definition) is 5. The molecule has 1 unspecified atom stereocenters. The van der Waals surface area contributed by atoms with Crippen LogP contribution in [0.3, 0.4) is 0 Å². The van der Waals surface area contributed by atoms with Gasteiger partial charge in [-0.3, -0.25) is 0 Å². The lowest BCUT2D eigenvalue weighted by molar-refractivity contribution is -0.142. The number of carbonyl (C=O) groups is 1. The van der Waals surface area contributed by atoms with Crippen LogP contribution in [-0.2, 0) is 16.1 Å². The summed E-state index contributed by atoms with van der Waals surface area (Å²) in [7, 11) is 1.32. The molecule has 2 rings (SSSR count). The molecule has 0 saturated carbocycles. The average molecular weight is 315 g/mol. The molecule has 0 radical (unpaired) electrons. The Morgan fingerprint density at radius 1 is 1.17 bits per heavy atom. The smallest absolute Gasteiger partial charge is 0.343 e. The Balaban J connectivity index is 1.80. The Bertz CT molecular complexity index is 615. The van der Waals surface area contributed by atoms with E-state index >= 15 is 0 Å². The first-order valence-electron chi connectivity index (χ1n) is 7.41. The highest BCUT2D eigenvalue weighted by Gasteiger charge is 2.06. The van der Waals surface area contributed by atoms with Crippen LogP contribution in [0.2, 0.25) is 0 Å². The van der Waals surface area contributed by atoms with Crippen molar-refractivity contribution in [2.75, 3.05) is 20.3 Å². The van der Waals surface area contributed by atoms with Gasteiger partial charge in [0.2, 0.25) is 0 Å². The highest BCUT2D eigenvalue weighted by molar-refractivity contribution is 5.70. The molecule has 1 atom stereocenters. The number of methoxy groups -OCH3 is 1. The molecule has 0 aliphatic rings. The quantitative estimate of drug-likeness (QED) is 0.730. The van der Waals surface area contributed by atoms with Crippen LogP contribution in [-0.4, -0.2) is 31.3 Å². The fourth-order valence-electron chi connectivity index (χ4n) is 2.09. The van der Waals surface area contributed by atoms with E-state index in [2.05, 4.69) is 10.1 Å². The van der Waals surface area contributed by atoms with Gasteiger partial charge >= 0.3 is 5.97 Å². The minimum Gasteiger partial charge on any atom is -0.482 e. The summed E-state index contributed by atoms with van der Waals surface area (Å²) in [6.07, 6.45) is -0.546. The lowest BCUT2D eigenvalue weighted by Crippen LogP contribution is -2.21. The molecule has 23 heavy (non-hydrogen) atoms. The molecule has 0 bridgehead atoms. The first-order chi connectivity index (χ1) is 11.2. The molecule has 2 N–H and O–H groups in total. The van der Waals surface area contributed by atoms with Crippen molar-refractivity contribution in [3.63, 3.8) is 0 Å². The number of benzene rings is 2. The molecule has 2 aromatic carbocycles. The maximum atomic E-state index is 11.1. The van der Waals surface area contributed by atoms with E-state index in [-0.39, 0.29) is 6.61 Å². The van der Waals surface area contributed by atoms with E-state index in [1.54, 1.807) is 6.07 Å². The fraction of sp³-hybridized carbons (Fsp3) is 0.278. The number of carbonyl (C=O) groups excluding carboxylic acids is 1. The SMILES string of the molecule is COC(=O)COc1cccc(CNCC(O)c2ccccc2)c1. The molecule has 0 aliphatic carbocycles. The van der Waals surface area contributed by atoms with E-state index in [0.29, 0.717) is 18.8 Å². The van der Waals surface area contributed by atoms with Crippen molar-refractivity contribution in [3.8, 4) is 5.75 Å². The van der Waals surface area contributed by atoms with Gasteiger partial charge in [-0.1, -0.05) is 42.5 Å². The zero-order valence-electron chi connectivity index (χ0n) is 13.1. The largest absolute Gasteiger partial charge is 0.482 e. The first kappa shape index (κ1) is 17.0. The van der Waals surface area contributed by atoms with Crippen molar-refractivity contribution in [1.82, 2.24) is 5.32 Å². The number of aliphatic hydroxyl groups excluding tert-OH is 1. The van der Waals surface area contributed by atoms with Crippen LogP contribution in [0.25, 0.3) is 0 Å². The third kappa shape index (κ3) is 5.73. The third-order valence-corrected chi connectivity index (χ3v) is 3.33. The molecule has 0 fully saturated rings. The monoisotopic (exact) mass is 315 g/mol. The molecule has 0 aliphatic heterocycles. The van der Waals surface area contributed by atoms with Crippen molar-refractivity contribution in [1.29, 1.82) is 0 Å². The zero-order valence-corrected chi connectivity index (χ0v) is 13.1. The fourth-order valence-corrected chi connectivity index (χ4v) is 2.09. The Morgan fingerprint density at radius 2 is 1.96 bits per heavy atom. The molecule has 0 spiro atoms. The first-order valence-corrected chi connectivity index (χ1v) is 7.41. The molecule has 5 heteroatoms. The number of hydrogen-bond donors (Lipinski definition) is 2. The Kier molecular flexibility index (Phi) is 6.59. The van der Waals surface area contributed by atoms with E-state index in [9.17, 15) is 9.90 Å². The van der Waals surface area contributed by atoms with Gasteiger partial charge in [-0.2, -0.15) is 0 Å². The predicted molar refractivity (Wildman–Crippen MR) is 87.1 cm³/mol. The predicted octanol–water partition coefficient (Wildman–Crippen LogP) is 2.06. The second-order valence-corrected chi connectivity index (χ2v) is 5.07. The van der Waals surface area contributed by atoms with Gasteiger partial charge in [0.05, 0.1) is 13.2 Å². The van der Waals surface area contributed by atoms with Crippen LogP contribution in [0.15, 0.2) is 54.6 Å². The standard InChI is InChI=1S/C18H21NO4/c1-22-18(21)13-23-16-9-5-6-14(10-16)11-19-12-17(20)15-7-3-2-4-8-15/h2-10,17,19-20H,11-13H2,1H3. The van der Waals surface area contributed by atoms with E-state index in [1.807, 2.05) is 48.5 Å². The van der Waals surface area contributed by atoms with E-state index < -0.39 is 12.1 Å². The van der Waals surface area contributed by atoms with Gasteiger partial charge in [-0.25, -0.2) is 4.79 Å². The van der Waals surface area contributed by atoms with Crippen molar-refractivity contribution < 1.29 is 19.4 Å². The van der Waals surface area contributed by atoms with Crippen LogP contribution < -0.4 is 10.1 Å². The summed E-state index contributed by atoms with van der Waals surface area (Å²) < 4.78 is 9.88. The second-order valence-electron chi connectivity index (χ2n) is 5.07. The zero-order chi connectivity index (χ0) is 16.5. The molecule has 2 aromatic rings. The molecule has 0 saturated heterocycles. The Labute approximate surface area is 135 Å². The topological polar surface area (TPSA) is 67.8 Å². The Hall–Kier alpha value is -2.37. The second kappa shape index (κ2) is 8.92. The van der Waals surface area contributed by atoms with Gasteiger partial charge in [-0.05, 0) is 23.3 Å². The lowest BCUT2D eigenvalue weighted by atomic mass is 10.1. The van der Waals surface area contributed by atoms with Crippen LogP contribution in [0.1, 0.15) is 17.2 Å². The van der Waals surface area contributed by atoms with Crippen LogP contribution in [0.5, 0.6) is 5.75 Å². The van der Waals surface area contributed by atoms with Crippen molar-refractivity contribution in [2.45, 2.75) is 12.6 Å². The minimum absolute atomic E-state index is 0.111. The minimum atomic E-state index is -0.546. The molecule has 0 aromatic heterocycles. The van der Waals surface area contributed by atoms with Crippen LogP contribution in [0, 0.1) is 0 Å². The van der Waals surface area contributed by atoms with Crippen molar-refractivity contribution in [3.05, 3.63) is 65.7 Å². The molecular formula is C18H21NO4. The van der Waals surface area contributed by atoms with Gasteiger partial charge in [0.25, 0.3) is 0 Å². The highest BCUT2D eigenvalue weighted by Crippen LogP contribution is 2.14. The van der Waals surface area contributed by atoms with Gasteiger partial charge in [-0.15, -0.1) is 0 Å². The van der Waals surface area contributed by atoms with Gasteiger partial charge in [0.15, 0.2) is 6.61 Å². The summed E-state index contributed by atoms with van der Waals surface area (Å²) in [4.78, 5) is 11.1. The van der Waals surface area contributed by atoms with Crippen molar-refractivity contribution >= 4 is 5.97 Å². The number of nitrogens with one attached hydrogen (secondary N) is 1. The summed E-state index contributed by atoms with van der Waals surface area (Å²) in [5.41, 5.74) is 1.89. The molecule has 0 amide bonds. The lowest BCUT2D eigenvalue weighted by Gasteiger charge is -2.12. The molecular weight excluding hydrogens is 294 g/mol. The molecule has 122 valence electrons. The normalized spacial score (nSPS) is 11.7. The third-order valence-electron chi connectivity index (χ3n) is 3.33. The number of aliphatic hydroxyl groups is 1. The maximum absolute atomic E-state index is 11.1. The number of ether oxygens (including phenoxy) is 2. The average Bonchev–Trinajstić information content (AvgIpc) is 2.60. The van der Waals surface area contributed by atoms with Gasteiger partial charge in [0, 0.05) is 13.1 Å². The summed E-state index contributed by atoms with van der Waals surface area (Å²) >= 11 is 0. The Morgan fingerprint density at radius 3 is 2.70 bits per heavy atom. The summed E-state index contributed by atoms with van der Waals surface area (Å²) in [5.74, 6) is 0.192. The van der Waals surface area contributed by atoms with E-state index in [1.165, 1.54) is 7.11 Å². The molecule has 0 heterocycles. The van der Waals surface area contributed by atoms with Crippen LogP contribution >= 0.6 is 0 Å².